The normalized spacial score (nSPS) is 23.0. The zero-order valence-corrected chi connectivity index (χ0v) is 26.2. The van der Waals surface area contributed by atoms with Crippen LogP contribution in [-0.4, -0.2) is 31.0 Å². The third kappa shape index (κ3) is 4.87. The van der Waals surface area contributed by atoms with Gasteiger partial charge in [0.2, 0.25) is 5.91 Å². The lowest BCUT2D eigenvalue weighted by atomic mass is 9.72. The number of hydroxylamine groups is 1. The first-order chi connectivity index (χ1) is 21.6. The van der Waals surface area contributed by atoms with Crippen LogP contribution in [0.4, 0.5) is 15.1 Å². The van der Waals surface area contributed by atoms with Gasteiger partial charge in [-0.15, -0.1) is 11.3 Å². The Hall–Kier alpha value is -4.28. The topological polar surface area (TPSA) is 89.3 Å². The Morgan fingerprint density at radius 3 is 2.42 bits per heavy atom. The Balaban J connectivity index is 1.29. The number of hydrogen-bond acceptors (Lipinski definition) is 8. The zero-order chi connectivity index (χ0) is 31.6. The number of carbonyl (C=O) groups is 3. The predicted molar refractivity (Wildman–Crippen MR) is 167 cm³/mol. The molecule has 2 aromatic heterocycles. The first kappa shape index (κ1) is 29.4. The number of carbonyl (C=O) groups excluding carboxylic acids is 3. The van der Waals surface area contributed by atoms with Crippen LogP contribution in [0.5, 0.6) is 0 Å². The molecule has 2 amide bonds. The molecule has 2 saturated heterocycles. The number of amides is 2. The van der Waals surface area contributed by atoms with Crippen LogP contribution >= 0.6 is 11.3 Å². The van der Waals surface area contributed by atoms with Crippen LogP contribution < -0.4 is 9.96 Å². The number of hydrogen-bond donors (Lipinski definition) is 0. The molecule has 0 bridgehead atoms. The maximum absolute atomic E-state index is 14.4. The fourth-order valence-corrected chi connectivity index (χ4v) is 8.19. The van der Waals surface area contributed by atoms with Gasteiger partial charge in [-0.2, -0.15) is 0 Å². The summed E-state index contributed by atoms with van der Waals surface area (Å²) in [5.41, 5.74) is 2.54. The van der Waals surface area contributed by atoms with Crippen LogP contribution in [0.25, 0.3) is 11.3 Å². The summed E-state index contributed by atoms with van der Waals surface area (Å²) in [6.45, 7) is 6.62. The standard InChI is InChI=1S/C35H33FN2O6S/c1-35(2,3)20-12-15-23-26(18-20)45-33(27(23)34(41)42-4)37-31(39)28-29(25-17-16-24(43-25)19-10-13-21(36)14-11-19)38(44-30(28)32(37)40)22-8-6-5-7-9-22/h5-11,13-14,16-17,20,28-30H,12,15,18H2,1-4H3/t20-,28-,29+,30+/m1/s1. The molecule has 4 atom stereocenters. The van der Waals surface area contributed by atoms with Crippen LogP contribution in [0.2, 0.25) is 0 Å². The van der Waals surface area contributed by atoms with Crippen molar-refractivity contribution in [2.45, 2.75) is 52.2 Å². The van der Waals surface area contributed by atoms with Gasteiger partial charge in [0.05, 0.1) is 18.4 Å². The number of rotatable bonds is 5. The first-order valence-corrected chi connectivity index (χ1v) is 15.9. The molecule has 0 unspecified atom stereocenters. The smallest absolute Gasteiger partial charge is 0.341 e. The summed E-state index contributed by atoms with van der Waals surface area (Å²) < 4.78 is 25.0. The predicted octanol–water partition coefficient (Wildman–Crippen LogP) is 7.14. The minimum atomic E-state index is -1.13. The lowest BCUT2D eigenvalue weighted by Crippen LogP contribution is -2.37. The summed E-state index contributed by atoms with van der Waals surface area (Å²) in [7, 11) is 1.31. The summed E-state index contributed by atoms with van der Waals surface area (Å²) >= 11 is 1.33. The number of methoxy groups -OCH3 is 1. The number of nitrogens with zero attached hydrogens (tertiary/aromatic N) is 2. The second kappa shape index (κ2) is 11.0. The highest BCUT2D eigenvalue weighted by molar-refractivity contribution is 7.17. The Kier molecular flexibility index (Phi) is 7.17. The van der Waals surface area contributed by atoms with Gasteiger partial charge in [-0.3, -0.25) is 14.4 Å². The van der Waals surface area contributed by atoms with Crippen LogP contribution in [0.15, 0.2) is 71.1 Å². The number of halogens is 1. The molecule has 0 saturated carbocycles. The maximum Gasteiger partial charge on any atom is 0.341 e. The van der Waals surface area contributed by atoms with Gasteiger partial charge in [0.25, 0.3) is 5.91 Å². The number of imide groups is 1. The number of fused-ring (bicyclic) bond motifs is 2. The molecule has 2 aliphatic heterocycles. The van der Waals surface area contributed by atoms with Gasteiger partial charge < -0.3 is 9.15 Å². The highest BCUT2D eigenvalue weighted by Gasteiger charge is 2.62. The molecule has 4 aromatic rings. The second-order valence-corrected chi connectivity index (χ2v) is 13.9. The Bertz CT molecular complexity index is 1790. The Labute approximate surface area is 264 Å². The molecule has 10 heteroatoms. The molecule has 0 N–H and O–H groups in total. The van der Waals surface area contributed by atoms with Gasteiger partial charge in [0, 0.05) is 10.4 Å². The second-order valence-electron chi connectivity index (χ2n) is 12.9. The molecule has 0 radical (unpaired) electrons. The molecule has 8 nitrogen and oxygen atoms in total. The van der Waals surface area contributed by atoms with Gasteiger partial charge in [-0.05, 0) is 84.7 Å². The van der Waals surface area contributed by atoms with Crippen LogP contribution in [0, 0.1) is 23.1 Å². The number of ether oxygens (including phenoxy) is 1. The van der Waals surface area contributed by atoms with Gasteiger partial charge in [0.1, 0.15) is 34.3 Å². The van der Waals surface area contributed by atoms with Crippen molar-refractivity contribution in [1.82, 2.24) is 0 Å². The number of benzene rings is 2. The molecule has 45 heavy (non-hydrogen) atoms. The average molecular weight is 629 g/mol. The van der Waals surface area contributed by atoms with Crippen molar-refractivity contribution in [3.8, 4) is 11.3 Å². The van der Waals surface area contributed by atoms with E-state index in [2.05, 4.69) is 20.8 Å². The molecular weight excluding hydrogens is 595 g/mol. The lowest BCUT2D eigenvalue weighted by molar-refractivity contribution is -0.126. The van der Waals surface area contributed by atoms with Crippen LogP contribution in [-0.2, 0) is 32.0 Å². The molecule has 7 rings (SSSR count). The van der Waals surface area contributed by atoms with E-state index in [1.54, 1.807) is 29.3 Å². The minimum absolute atomic E-state index is 0.0708. The number of thiophene rings is 1. The van der Waals surface area contributed by atoms with Gasteiger partial charge in [-0.1, -0.05) is 39.0 Å². The summed E-state index contributed by atoms with van der Waals surface area (Å²) in [6.07, 6.45) is 1.20. The molecule has 0 spiro atoms. The maximum atomic E-state index is 14.4. The fraction of sp³-hybridized carbons (Fsp3) is 0.343. The van der Waals surface area contributed by atoms with Crippen molar-refractivity contribution in [3.05, 3.63) is 94.3 Å². The largest absolute Gasteiger partial charge is 0.465 e. The fourth-order valence-electron chi connectivity index (χ4n) is 6.76. The Morgan fingerprint density at radius 1 is 1.00 bits per heavy atom. The quantitative estimate of drug-likeness (QED) is 0.172. The number of furan rings is 1. The van der Waals surface area contributed by atoms with Crippen molar-refractivity contribution < 1.29 is 32.8 Å². The third-order valence-corrected chi connectivity index (χ3v) is 10.5. The SMILES string of the molecule is COC(=O)c1c(N2C(=O)[C@H]3[C@H](ON(c4ccccc4)[C@H]3c3ccc(-c4ccc(F)cc4)o3)C2=O)sc2c1CC[C@@H](C(C)(C)C)C2. The summed E-state index contributed by atoms with van der Waals surface area (Å²) in [4.78, 5) is 50.2. The van der Waals surface area contributed by atoms with E-state index in [1.807, 2.05) is 30.3 Å². The van der Waals surface area contributed by atoms with Crippen molar-refractivity contribution >= 4 is 39.8 Å². The molecule has 2 fully saturated rings. The highest BCUT2D eigenvalue weighted by Crippen LogP contribution is 2.52. The number of esters is 1. The van der Waals surface area contributed by atoms with E-state index in [0.717, 1.165) is 28.2 Å². The minimum Gasteiger partial charge on any atom is -0.465 e. The van der Waals surface area contributed by atoms with Crippen molar-refractivity contribution in [2.24, 2.45) is 17.3 Å². The van der Waals surface area contributed by atoms with Gasteiger partial charge in [0.15, 0.2) is 6.10 Å². The number of anilines is 2. The van der Waals surface area contributed by atoms with E-state index in [9.17, 15) is 18.8 Å². The molecule has 1 aliphatic carbocycles. The first-order valence-electron chi connectivity index (χ1n) is 15.0. The highest BCUT2D eigenvalue weighted by atomic mass is 32.1. The van der Waals surface area contributed by atoms with Crippen molar-refractivity contribution in [1.29, 1.82) is 0 Å². The Morgan fingerprint density at radius 2 is 1.73 bits per heavy atom. The van der Waals surface area contributed by atoms with Gasteiger partial charge in [-0.25, -0.2) is 19.1 Å². The van der Waals surface area contributed by atoms with E-state index < -0.39 is 35.8 Å². The zero-order valence-electron chi connectivity index (χ0n) is 25.4. The monoisotopic (exact) mass is 628 g/mol. The molecule has 4 heterocycles. The summed E-state index contributed by atoms with van der Waals surface area (Å²) in [5, 5.41) is 1.86. The molecular formula is C35H33FN2O6S. The summed E-state index contributed by atoms with van der Waals surface area (Å²) in [6, 6.07) is 17.9. The third-order valence-electron chi connectivity index (χ3n) is 9.24. The van der Waals surface area contributed by atoms with E-state index in [-0.39, 0.29) is 11.2 Å². The van der Waals surface area contributed by atoms with Crippen molar-refractivity contribution in [3.63, 3.8) is 0 Å². The number of para-hydroxylation sites is 1. The van der Waals surface area contributed by atoms with Crippen LogP contribution in [0.1, 0.15) is 59.8 Å². The van der Waals surface area contributed by atoms with Gasteiger partial charge >= 0.3 is 5.97 Å². The molecule has 3 aliphatic rings. The lowest BCUT2D eigenvalue weighted by Gasteiger charge is -2.33. The average Bonchev–Trinajstić information content (AvgIpc) is 3.79. The van der Waals surface area contributed by atoms with E-state index >= 15 is 0 Å². The van der Waals surface area contributed by atoms with Crippen LogP contribution in [0.3, 0.4) is 0 Å². The van der Waals surface area contributed by atoms with E-state index in [0.29, 0.717) is 45.7 Å². The molecule has 232 valence electrons. The molecule has 2 aromatic carbocycles. The van der Waals surface area contributed by atoms with E-state index in [1.165, 1.54) is 30.6 Å². The van der Waals surface area contributed by atoms with Crippen molar-refractivity contribution in [2.75, 3.05) is 17.1 Å². The van der Waals surface area contributed by atoms with E-state index in [4.69, 9.17) is 14.0 Å². The summed E-state index contributed by atoms with van der Waals surface area (Å²) in [5.74, 6) is -1.57.